The van der Waals surface area contributed by atoms with Crippen molar-refractivity contribution in [3.05, 3.63) is 18.6 Å². The van der Waals surface area contributed by atoms with Gasteiger partial charge in [0.1, 0.15) is 5.82 Å². The normalized spacial score (nSPS) is 35.5. The topological polar surface area (TPSA) is 49.8 Å². The summed E-state index contributed by atoms with van der Waals surface area (Å²) in [6, 6.07) is 0.637. The van der Waals surface area contributed by atoms with Crippen LogP contribution in [-0.4, -0.2) is 29.1 Å². The zero-order valence-corrected chi connectivity index (χ0v) is 7.27. The Morgan fingerprint density at radius 1 is 1.31 bits per heavy atom. The van der Waals surface area contributed by atoms with Crippen molar-refractivity contribution in [1.82, 2.24) is 15.3 Å². The monoisotopic (exact) mass is 176 g/mol. The molecule has 1 saturated carbocycles. The Hall–Kier alpha value is -1.16. The van der Waals surface area contributed by atoms with Gasteiger partial charge in [-0.3, -0.25) is 4.98 Å². The minimum Gasteiger partial charge on any atom is -0.365 e. The second kappa shape index (κ2) is 2.67. The molecule has 2 aliphatic rings. The molecule has 3 rings (SSSR count). The van der Waals surface area contributed by atoms with Gasteiger partial charge in [0, 0.05) is 31.5 Å². The first-order valence-electron chi connectivity index (χ1n) is 4.68. The van der Waals surface area contributed by atoms with E-state index in [1.165, 1.54) is 0 Å². The lowest BCUT2D eigenvalue weighted by atomic mass is 10.4. The Morgan fingerprint density at radius 2 is 2.15 bits per heavy atom. The summed E-state index contributed by atoms with van der Waals surface area (Å²) >= 11 is 0. The number of rotatable bonds is 2. The van der Waals surface area contributed by atoms with Crippen LogP contribution in [0.3, 0.4) is 0 Å². The molecule has 1 saturated heterocycles. The van der Waals surface area contributed by atoms with E-state index in [0.717, 1.165) is 30.7 Å². The molecule has 1 aromatic heterocycles. The summed E-state index contributed by atoms with van der Waals surface area (Å²) in [7, 11) is 0. The predicted octanol–water partition coefficient (Wildman–Crippen LogP) is 0.106. The number of fused-ring (bicyclic) bond motifs is 1. The number of hydrogen-bond acceptors (Lipinski definition) is 4. The molecule has 0 amide bonds. The first-order valence-corrected chi connectivity index (χ1v) is 4.68. The van der Waals surface area contributed by atoms with E-state index in [9.17, 15) is 0 Å². The molecule has 2 N–H and O–H groups in total. The van der Waals surface area contributed by atoms with Crippen molar-refractivity contribution in [2.75, 3.05) is 18.4 Å². The standard InChI is InChI=1S/C9H12N4/c1-2-12-8(5-10-1)13-9-6-3-11-4-7(6)9/h1-2,5-7,9,11H,3-4H2,(H,12,13)/t6-,7+,9?. The third-order valence-electron chi connectivity index (χ3n) is 2.97. The van der Waals surface area contributed by atoms with Crippen molar-refractivity contribution in [1.29, 1.82) is 0 Å². The molecule has 2 fully saturated rings. The van der Waals surface area contributed by atoms with Crippen molar-refractivity contribution in [3.8, 4) is 0 Å². The maximum atomic E-state index is 4.19. The summed E-state index contributed by atoms with van der Waals surface area (Å²) in [5.74, 6) is 2.55. The van der Waals surface area contributed by atoms with Crippen LogP contribution in [-0.2, 0) is 0 Å². The van der Waals surface area contributed by atoms with Gasteiger partial charge in [0.15, 0.2) is 0 Å². The second-order valence-corrected chi connectivity index (χ2v) is 3.75. The fourth-order valence-corrected chi connectivity index (χ4v) is 2.18. The molecule has 68 valence electrons. The Bertz CT molecular complexity index is 290. The number of aromatic nitrogens is 2. The van der Waals surface area contributed by atoms with Crippen LogP contribution in [0.25, 0.3) is 0 Å². The third kappa shape index (κ3) is 1.18. The van der Waals surface area contributed by atoms with E-state index >= 15 is 0 Å². The lowest BCUT2D eigenvalue weighted by Gasteiger charge is -2.06. The van der Waals surface area contributed by atoms with E-state index in [4.69, 9.17) is 0 Å². The molecule has 0 spiro atoms. The Balaban J connectivity index is 1.66. The summed E-state index contributed by atoms with van der Waals surface area (Å²) in [6.07, 6.45) is 5.20. The fraction of sp³-hybridized carbons (Fsp3) is 0.556. The van der Waals surface area contributed by atoms with Crippen molar-refractivity contribution < 1.29 is 0 Å². The lowest BCUT2D eigenvalue weighted by Crippen LogP contribution is -2.21. The first-order chi connectivity index (χ1) is 6.45. The van der Waals surface area contributed by atoms with Gasteiger partial charge >= 0.3 is 0 Å². The van der Waals surface area contributed by atoms with E-state index in [1.807, 2.05) is 0 Å². The van der Waals surface area contributed by atoms with Gasteiger partial charge in [0.2, 0.25) is 0 Å². The minimum absolute atomic E-state index is 0.637. The van der Waals surface area contributed by atoms with Gasteiger partial charge in [-0.25, -0.2) is 4.98 Å². The highest BCUT2D eigenvalue weighted by atomic mass is 15.1. The highest BCUT2D eigenvalue weighted by Gasteiger charge is 2.53. The summed E-state index contributed by atoms with van der Waals surface area (Å²) in [6.45, 7) is 2.31. The van der Waals surface area contributed by atoms with Gasteiger partial charge in [0.25, 0.3) is 0 Å². The van der Waals surface area contributed by atoms with E-state index in [-0.39, 0.29) is 0 Å². The Kier molecular flexibility index (Phi) is 1.49. The van der Waals surface area contributed by atoms with Crippen molar-refractivity contribution in [3.63, 3.8) is 0 Å². The van der Waals surface area contributed by atoms with Gasteiger partial charge in [0.05, 0.1) is 6.20 Å². The second-order valence-electron chi connectivity index (χ2n) is 3.75. The van der Waals surface area contributed by atoms with Crippen LogP contribution in [0.15, 0.2) is 18.6 Å². The molecule has 1 aromatic rings. The molecule has 1 unspecified atom stereocenters. The highest BCUT2D eigenvalue weighted by Crippen LogP contribution is 2.43. The van der Waals surface area contributed by atoms with Crippen LogP contribution in [0, 0.1) is 11.8 Å². The summed E-state index contributed by atoms with van der Waals surface area (Å²) in [4.78, 5) is 8.21. The number of piperidine rings is 1. The minimum atomic E-state index is 0.637. The number of hydrogen-bond donors (Lipinski definition) is 2. The third-order valence-corrected chi connectivity index (χ3v) is 2.97. The molecule has 1 aliphatic carbocycles. The highest BCUT2D eigenvalue weighted by molar-refractivity contribution is 5.36. The van der Waals surface area contributed by atoms with Crippen LogP contribution in [0.2, 0.25) is 0 Å². The first kappa shape index (κ1) is 7.26. The summed E-state index contributed by atoms with van der Waals surface area (Å²) in [5, 5.41) is 6.77. The molecule has 0 bridgehead atoms. The molecule has 0 aromatic carbocycles. The molecular formula is C9H12N4. The van der Waals surface area contributed by atoms with Crippen molar-refractivity contribution in [2.24, 2.45) is 11.8 Å². The quantitative estimate of drug-likeness (QED) is 0.671. The van der Waals surface area contributed by atoms with Crippen molar-refractivity contribution in [2.45, 2.75) is 6.04 Å². The predicted molar refractivity (Wildman–Crippen MR) is 49.3 cm³/mol. The smallest absolute Gasteiger partial charge is 0.144 e. The fourth-order valence-electron chi connectivity index (χ4n) is 2.18. The lowest BCUT2D eigenvalue weighted by molar-refractivity contribution is 0.695. The van der Waals surface area contributed by atoms with E-state index in [0.29, 0.717) is 6.04 Å². The molecule has 4 heteroatoms. The van der Waals surface area contributed by atoms with Gasteiger partial charge in [-0.2, -0.15) is 0 Å². The van der Waals surface area contributed by atoms with E-state index in [2.05, 4.69) is 20.6 Å². The molecule has 1 aliphatic heterocycles. The number of anilines is 1. The van der Waals surface area contributed by atoms with Crippen molar-refractivity contribution >= 4 is 5.82 Å². The van der Waals surface area contributed by atoms with Crippen LogP contribution in [0.4, 0.5) is 5.82 Å². The SMILES string of the molecule is c1cnc(NC2[C@H]3CNC[C@@H]23)cn1. The van der Waals surface area contributed by atoms with E-state index < -0.39 is 0 Å². The van der Waals surface area contributed by atoms with Gasteiger partial charge < -0.3 is 10.6 Å². The van der Waals surface area contributed by atoms with Crippen LogP contribution in [0.5, 0.6) is 0 Å². The van der Waals surface area contributed by atoms with Gasteiger partial charge in [-0.1, -0.05) is 0 Å². The average Bonchev–Trinajstić information content (AvgIpc) is 2.65. The average molecular weight is 176 g/mol. The molecular weight excluding hydrogens is 164 g/mol. The summed E-state index contributed by atoms with van der Waals surface area (Å²) < 4.78 is 0. The molecule has 13 heavy (non-hydrogen) atoms. The van der Waals surface area contributed by atoms with E-state index in [1.54, 1.807) is 18.6 Å². The van der Waals surface area contributed by atoms with Crippen LogP contribution < -0.4 is 10.6 Å². The van der Waals surface area contributed by atoms with Gasteiger partial charge in [-0.15, -0.1) is 0 Å². The maximum absolute atomic E-state index is 4.19. The Labute approximate surface area is 76.8 Å². The van der Waals surface area contributed by atoms with Crippen LogP contribution in [0.1, 0.15) is 0 Å². The zero-order chi connectivity index (χ0) is 8.67. The largest absolute Gasteiger partial charge is 0.365 e. The molecule has 0 radical (unpaired) electrons. The van der Waals surface area contributed by atoms with Gasteiger partial charge in [-0.05, 0) is 11.8 Å². The summed E-state index contributed by atoms with van der Waals surface area (Å²) in [5.41, 5.74) is 0. The zero-order valence-electron chi connectivity index (χ0n) is 7.27. The Morgan fingerprint density at radius 3 is 2.85 bits per heavy atom. The number of nitrogens with zero attached hydrogens (tertiary/aromatic N) is 2. The molecule has 2 heterocycles. The molecule has 4 nitrogen and oxygen atoms in total. The molecule has 3 atom stereocenters. The van der Waals surface area contributed by atoms with Crippen LogP contribution >= 0.6 is 0 Å². The maximum Gasteiger partial charge on any atom is 0.144 e. The number of nitrogens with one attached hydrogen (secondary N) is 2.